The molecule has 1 aromatic carbocycles. The molecular weight excluding hydrogens is 387 g/mol. The monoisotopic (exact) mass is 406 g/mol. The fraction of sp³-hybridized carbons (Fsp3) is 0.316. The summed E-state index contributed by atoms with van der Waals surface area (Å²) in [6.07, 6.45) is 4.98. The molecule has 1 aliphatic carbocycles. The van der Waals surface area contributed by atoms with Gasteiger partial charge in [0.15, 0.2) is 0 Å². The van der Waals surface area contributed by atoms with Crippen molar-refractivity contribution in [2.45, 2.75) is 32.4 Å². The number of rotatable bonds is 7. The highest BCUT2D eigenvalue weighted by molar-refractivity contribution is 6.31. The van der Waals surface area contributed by atoms with Gasteiger partial charge >= 0.3 is 0 Å². The van der Waals surface area contributed by atoms with Crippen LogP contribution >= 0.6 is 23.2 Å². The summed E-state index contributed by atoms with van der Waals surface area (Å²) in [5.74, 6) is -0.536. The Hall–Kier alpha value is -2.31. The van der Waals surface area contributed by atoms with Gasteiger partial charge < -0.3 is 10.6 Å². The first kappa shape index (κ1) is 19.5. The lowest BCUT2D eigenvalue weighted by Gasteiger charge is -2.04. The van der Waals surface area contributed by atoms with E-state index in [0.717, 1.165) is 18.4 Å². The number of hydrogen-bond acceptors (Lipinski definition) is 3. The number of carbonyl (C=O) groups is 2. The van der Waals surface area contributed by atoms with E-state index in [4.69, 9.17) is 23.2 Å². The van der Waals surface area contributed by atoms with Gasteiger partial charge in [0.2, 0.25) is 11.8 Å². The highest BCUT2D eigenvalue weighted by atomic mass is 35.5. The van der Waals surface area contributed by atoms with Gasteiger partial charge in [0.05, 0.1) is 18.8 Å². The first-order chi connectivity index (χ1) is 12.9. The van der Waals surface area contributed by atoms with Crippen molar-refractivity contribution in [1.29, 1.82) is 0 Å². The number of halogens is 2. The van der Waals surface area contributed by atoms with E-state index in [1.54, 1.807) is 10.8 Å². The minimum Gasteiger partial charge on any atom is -0.352 e. The summed E-state index contributed by atoms with van der Waals surface area (Å²) in [6.45, 7) is 2.28. The smallest absolute Gasteiger partial charge is 0.244 e. The average molecular weight is 407 g/mol. The predicted molar refractivity (Wildman–Crippen MR) is 106 cm³/mol. The zero-order valence-corrected chi connectivity index (χ0v) is 16.3. The van der Waals surface area contributed by atoms with Crippen LogP contribution in [0, 0.1) is 6.92 Å². The molecule has 0 spiro atoms. The number of carbonyl (C=O) groups excluding carboxylic acids is 2. The van der Waals surface area contributed by atoms with Crippen molar-refractivity contribution < 1.29 is 9.59 Å². The fourth-order valence-electron chi connectivity index (χ4n) is 2.52. The molecular formula is C19H20Cl2N4O2. The second-order valence-electron chi connectivity index (χ2n) is 6.47. The molecule has 1 aromatic heterocycles. The van der Waals surface area contributed by atoms with E-state index < -0.39 is 0 Å². The minimum absolute atomic E-state index is 0.0395. The number of amides is 2. The van der Waals surface area contributed by atoms with Crippen molar-refractivity contribution >= 4 is 41.1 Å². The number of nitrogens with one attached hydrogen (secondary N) is 2. The Morgan fingerprint density at radius 2 is 1.96 bits per heavy atom. The third kappa shape index (κ3) is 5.58. The molecule has 142 valence electrons. The fourth-order valence-corrected chi connectivity index (χ4v) is 2.94. The minimum atomic E-state index is -0.359. The SMILES string of the molecule is Cc1nn(Cc2ccc(Cl)cc2)c(Cl)c1/C=C/C(=O)NCC(=O)NC1CC1. The number of aromatic nitrogens is 2. The molecule has 6 nitrogen and oxygen atoms in total. The summed E-state index contributed by atoms with van der Waals surface area (Å²) >= 11 is 12.3. The average Bonchev–Trinajstić information content (AvgIpc) is 3.40. The number of nitrogens with zero attached hydrogens (tertiary/aromatic N) is 2. The van der Waals surface area contributed by atoms with Gasteiger partial charge in [0.25, 0.3) is 0 Å². The Bertz CT molecular complexity index is 871. The summed E-state index contributed by atoms with van der Waals surface area (Å²) in [7, 11) is 0. The topological polar surface area (TPSA) is 76.0 Å². The maximum Gasteiger partial charge on any atom is 0.244 e. The first-order valence-corrected chi connectivity index (χ1v) is 9.40. The second kappa shape index (κ2) is 8.59. The van der Waals surface area contributed by atoms with Crippen molar-refractivity contribution in [2.75, 3.05) is 6.54 Å². The first-order valence-electron chi connectivity index (χ1n) is 8.65. The van der Waals surface area contributed by atoms with Gasteiger partial charge in [-0.1, -0.05) is 35.3 Å². The van der Waals surface area contributed by atoms with Crippen LogP contribution in [0.15, 0.2) is 30.3 Å². The summed E-state index contributed by atoms with van der Waals surface area (Å²) in [6, 6.07) is 7.71. The van der Waals surface area contributed by atoms with Crippen LogP contribution in [0.25, 0.3) is 6.08 Å². The van der Waals surface area contributed by atoms with E-state index in [1.807, 2.05) is 31.2 Å². The maximum atomic E-state index is 11.9. The number of aryl methyl sites for hydroxylation is 1. The summed E-state index contributed by atoms with van der Waals surface area (Å²) < 4.78 is 1.67. The highest BCUT2D eigenvalue weighted by Gasteiger charge is 2.23. The third-order valence-corrected chi connectivity index (χ3v) is 4.77. The lowest BCUT2D eigenvalue weighted by molar-refractivity contribution is -0.124. The Balaban J connectivity index is 1.59. The maximum absolute atomic E-state index is 11.9. The molecule has 1 heterocycles. The zero-order valence-electron chi connectivity index (χ0n) is 14.8. The number of benzene rings is 1. The summed E-state index contributed by atoms with van der Waals surface area (Å²) in [5.41, 5.74) is 2.39. The molecule has 0 radical (unpaired) electrons. The number of hydrogen-bond donors (Lipinski definition) is 2. The predicted octanol–water partition coefficient (Wildman–Crippen LogP) is 2.95. The molecule has 3 rings (SSSR count). The summed E-state index contributed by atoms with van der Waals surface area (Å²) in [4.78, 5) is 23.5. The molecule has 1 aliphatic rings. The van der Waals surface area contributed by atoms with Gasteiger partial charge in [0.1, 0.15) is 5.15 Å². The Morgan fingerprint density at radius 1 is 1.26 bits per heavy atom. The van der Waals surface area contributed by atoms with Crippen LogP contribution in [0.1, 0.15) is 29.7 Å². The Labute approximate surface area is 167 Å². The second-order valence-corrected chi connectivity index (χ2v) is 7.26. The molecule has 8 heteroatoms. The lowest BCUT2D eigenvalue weighted by Crippen LogP contribution is -2.37. The van der Waals surface area contributed by atoms with E-state index in [1.165, 1.54) is 6.08 Å². The van der Waals surface area contributed by atoms with Crippen molar-refractivity contribution in [2.24, 2.45) is 0 Å². The summed E-state index contributed by atoms with van der Waals surface area (Å²) in [5, 5.41) is 10.9. The van der Waals surface area contributed by atoms with Crippen LogP contribution in [0.3, 0.4) is 0 Å². The van der Waals surface area contributed by atoms with Crippen molar-refractivity contribution in [3.63, 3.8) is 0 Å². The van der Waals surface area contributed by atoms with Gasteiger partial charge in [-0.15, -0.1) is 0 Å². The van der Waals surface area contributed by atoms with Gasteiger partial charge in [-0.3, -0.25) is 9.59 Å². The van der Waals surface area contributed by atoms with Crippen molar-refractivity contribution in [3.05, 3.63) is 57.3 Å². The van der Waals surface area contributed by atoms with Crippen LogP contribution in [-0.2, 0) is 16.1 Å². The van der Waals surface area contributed by atoms with Crippen LogP contribution in [0.2, 0.25) is 10.2 Å². The van der Waals surface area contributed by atoms with Gasteiger partial charge in [0, 0.05) is 22.7 Å². The van der Waals surface area contributed by atoms with Crippen LogP contribution in [-0.4, -0.2) is 34.2 Å². The van der Waals surface area contributed by atoms with Crippen LogP contribution in [0.4, 0.5) is 0 Å². The Morgan fingerprint density at radius 3 is 2.63 bits per heavy atom. The largest absolute Gasteiger partial charge is 0.352 e. The third-order valence-electron chi connectivity index (χ3n) is 4.12. The van der Waals surface area contributed by atoms with Gasteiger partial charge in [-0.05, 0) is 43.5 Å². The molecule has 0 atom stereocenters. The molecule has 0 aliphatic heterocycles. The molecule has 0 unspecified atom stereocenters. The quantitative estimate of drug-likeness (QED) is 0.693. The van der Waals surface area contributed by atoms with E-state index in [-0.39, 0.29) is 24.4 Å². The lowest BCUT2D eigenvalue weighted by atomic mass is 10.2. The van der Waals surface area contributed by atoms with Crippen molar-refractivity contribution in [3.8, 4) is 0 Å². The zero-order chi connectivity index (χ0) is 19.4. The highest BCUT2D eigenvalue weighted by Crippen LogP contribution is 2.22. The van der Waals surface area contributed by atoms with Crippen LogP contribution in [0.5, 0.6) is 0 Å². The molecule has 1 fully saturated rings. The van der Waals surface area contributed by atoms with Crippen LogP contribution < -0.4 is 10.6 Å². The normalized spacial score (nSPS) is 13.7. The molecule has 2 amide bonds. The van der Waals surface area contributed by atoms with E-state index in [9.17, 15) is 9.59 Å². The molecule has 0 saturated heterocycles. The van der Waals surface area contributed by atoms with E-state index in [2.05, 4.69) is 15.7 Å². The molecule has 1 saturated carbocycles. The molecule has 2 N–H and O–H groups in total. The van der Waals surface area contributed by atoms with Gasteiger partial charge in [-0.25, -0.2) is 4.68 Å². The van der Waals surface area contributed by atoms with Crippen molar-refractivity contribution in [1.82, 2.24) is 20.4 Å². The standard InChI is InChI=1S/C19H20Cl2N4O2/c1-12-16(8-9-17(26)22-10-18(27)23-15-6-7-15)19(21)25(24-12)11-13-2-4-14(20)5-3-13/h2-5,8-9,15H,6-7,10-11H2,1H3,(H,22,26)(H,23,27)/b9-8+. The molecule has 27 heavy (non-hydrogen) atoms. The molecule has 0 bridgehead atoms. The van der Waals surface area contributed by atoms with E-state index >= 15 is 0 Å². The van der Waals surface area contributed by atoms with Gasteiger partial charge in [-0.2, -0.15) is 5.10 Å². The van der Waals surface area contributed by atoms with E-state index in [0.29, 0.717) is 28.0 Å². The molecule has 2 aromatic rings. The Kier molecular flexibility index (Phi) is 6.19.